The smallest absolute Gasteiger partial charge is 0.338 e. The van der Waals surface area contributed by atoms with Gasteiger partial charge in [-0.05, 0) is 30.2 Å². The lowest BCUT2D eigenvalue weighted by molar-refractivity contribution is 0.0526. The summed E-state index contributed by atoms with van der Waals surface area (Å²) in [5, 5.41) is 10.2. The molecule has 1 unspecified atom stereocenters. The molecule has 0 aliphatic rings. The van der Waals surface area contributed by atoms with E-state index in [1.807, 2.05) is 30.3 Å². The van der Waals surface area contributed by atoms with Crippen LogP contribution in [0.3, 0.4) is 0 Å². The zero-order valence-electron chi connectivity index (χ0n) is 12.0. The van der Waals surface area contributed by atoms with Crippen molar-refractivity contribution in [3.8, 4) is 0 Å². The second-order valence-electron chi connectivity index (χ2n) is 4.76. The standard InChI is InChI=1S/C17H19NO3/c1-2-21-17(20)14-9-8-13(15(18)10-14)11-16(19)12-6-4-3-5-7-12/h3-10,16,19H,2,11,18H2,1H3. The van der Waals surface area contributed by atoms with Gasteiger partial charge in [-0.15, -0.1) is 0 Å². The number of aliphatic hydroxyl groups is 1. The molecule has 0 bridgehead atoms. The summed E-state index contributed by atoms with van der Waals surface area (Å²) in [6.45, 7) is 2.08. The summed E-state index contributed by atoms with van der Waals surface area (Å²) in [7, 11) is 0. The van der Waals surface area contributed by atoms with E-state index in [1.165, 1.54) is 0 Å². The van der Waals surface area contributed by atoms with Crippen molar-refractivity contribution in [2.45, 2.75) is 19.4 Å². The van der Waals surface area contributed by atoms with Crippen molar-refractivity contribution in [1.82, 2.24) is 0 Å². The van der Waals surface area contributed by atoms with E-state index in [9.17, 15) is 9.90 Å². The van der Waals surface area contributed by atoms with Crippen LogP contribution in [0.1, 0.15) is 34.5 Å². The van der Waals surface area contributed by atoms with Gasteiger partial charge in [0, 0.05) is 12.1 Å². The van der Waals surface area contributed by atoms with E-state index in [-0.39, 0.29) is 5.97 Å². The van der Waals surface area contributed by atoms with Gasteiger partial charge in [-0.2, -0.15) is 0 Å². The van der Waals surface area contributed by atoms with Crippen molar-refractivity contribution < 1.29 is 14.6 Å². The quantitative estimate of drug-likeness (QED) is 0.654. The van der Waals surface area contributed by atoms with Gasteiger partial charge in [-0.3, -0.25) is 0 Å². The fourth-order valence-electron chi connectivity index (χ4n) is 2.12. The highest BCUT2D eigenvalue weighted by Crippen LogP contribution is 2.23. The first-order chi connectivity index (χ1) is 10.1. The highest BCUT2D eigenvalue weighted by atomic mass is 16.5. The molecule has 0 aliphatic carbocycles. The third-order valence-corrected chi connectivity index (χ3v) is 3.25. The van der Waals surface area contributed by atoms with Gasteiger partial charge in [0.15, 0.2) is 0 Å². The van der Waals surface area contributed by atoms with E-state index >= 15 is 0 Å². The number of benzene rings is 2. The molecule has 3 N–H and O–H groups in total. The van der Waals surface area contributed by atoms with Crippen molar-refractivity contribution in [2.75, 3.05) is 12.3 Å². The summed E-state index contributed by atoms with van der Waals surface area (Å²) in [5.74, 6) is -0.389. The predicted octanol–water partition coefficient (Wildman–Crippen LogP) is 2.72. The number of ether oxygens (including phenoxy) is 1. The summed E-state index contributed by atoms with van der Waals surface area (Å²) in [6.07, 6.45) is -0.221. The van der Waals surface area contributed by atoms with E-state index < -0.39 is 6.10 Å². The maximum atomic E-state index is 11.6. The van der Waals surface area contributed by atoms with Crippen molar-refractivity contribution in [3.63, 3.8) is 0 Å². The molecule has 0 aliphatic heterocycles. The van der Waals surface area contributed by atoms with Crippen LogP contribution in [-0.4, -0.2) is 17.7 Å². The monoisotopic (exact) mass is 285 g/mol. The summed E-state index contributed by atoms with van der Waals surface area (Å²) >= 11 is 0. The van der Waals surface area contributed by atoms with Crippen LogP contribution in [-0.2, 0) is 11.2 Å². The van der Waals surface area contributed by atoms with Gasteiger partial charge < -0.3 is 15.6 Å². The molecule has 1 atom stereocenters. The van der Waals surface area contributed by atoms with E-state index in [0.717, 1.165) is 11.1 Å². The van der Waals surface area contributed by atoms with Crippen LogP contribution in [0.15, 0.2) is 48.5 Å². The number of nitrogen functional groups attached to an aromatic ring is 1. The van der Waals surface area contributed by atoms with Crippen LogP contribution in [0.4, 0.5) is 5.69 Å². The second-order valence-corrected chi connectivity index (χ2v) is 4.76. The molecule has 110 valence electrons. The fourth-order valence-corrected chi connectivity index (χ4v) is 2.12. The first kappa shape index (κ1) is 15.1. The molecule has 2 aromatic carbocycles. The van der Waals surface area contributed by atoms with E-state index in [0.29, 0.717) is 24.3 Å². The molecule has 4 nitrogen and oxygen atoms in total. The van der Waals surface area contributed by atoms with Crippen molar-refractivity contribution in [2.24, 2.45) is 0 Å². The maximum absolute atomic E-state index is 11.6. The summed E-state index contributed by atoms with van der Waals surface area (Å²) < 4.78 is 4.93. The molecular weight excluding hydrogens is 266 g/mol. The Kier molecular flexibility index (Phi) is 4.95. The lowest BCUT2D eigenvalue weighted by Crippen LogP contribution is -2.08. The zero-order valence-corrected chi connectivity index (χ0v) is 12.0. The third kappa shape index (κ3) is 3.83. The lowest BCUT2D eigenvalue weighted by Gasteiger charge is -2.13. The maximum Gasteiger partial charge on any atom is 0.338 e. The van der Waals surface area contributed by atoms with Crippen LogP contribution >= 0.6 is 0 Å². The van der Waals surface area contributed by atoms with Crippen LogP contribution < -0.4 is 5.73 Å². The van der Waals surface area contributed by atoms with E-state index in [1.54, 1.807) is 25.1 Å². The highest BCUT2D eigenvalue weighted by Gasteiger charge is 2.13. The van der Waals surface area contributed by atoms with Gasteiger partial charge in [-0.25, -0.2) is 4.79 Å². The number of hydrogen-bond acceptors (Lipinski definition) is 4. The molecule has 4 heteroatoms. The minimum atomic E-state index is -0.623. The first-order valence-corrected chi connectivity index (χ1v) is 6.90. The molecule has 21 heavy (non-hydrogen) atoms. The number of hydrogen-bond donors (Lipinski definition) is 2. The summed E-state index contributed by atoms with van der Waals surface area (Å²) in [4.78, 5) is 11.6. The van der Waals surface area contributed by atoms with Gasteiger partial charge in [0.2, 0.25) is 0 Å². The van der Waals surface area contributed by atoms with Crippen molar-refractivity contribution in [3.05, 3.63) is 65.2 Å². The highest BCUT2D eigenvalue weighted by molar-refractivity contribution is 5.90. The van der Waals surface area contributed by atoms with Crippen LogP contribution in [0, 0.1) is 0 Å². The molecule has 2 rings (SSSR count). The minimum Gasteiger partial charge on any atom is -0.462 e. The number of nitrogens with two attached hydrogens (primary N) is 1. The summed E-state index contributed by atoms with van der Waals surface area (Å²) in [5.41, 5.74) is 8.51. The SMILES string of the molecule is CCOC(=O)c1ccc(CC(O)c2ccccc2)c(N)c1. The topological polar surface area (TPSA) is 72.5 Å². The molecule has 0 fully saturated rings. The van der Waals surface area contributed by atoms with Crippen molar-refractivity contribution >= 4 is 11.7 Å². The molecule has 2 aromatic rings. The van der Waals surface area contributed by atoms with Crippen LogP contribution in [0.25, 0.3) is 0 Å². The second kappa shape index (κ2) is 6.90. The molecule has 0 aromatic heterocycles. The molecule has 0 radical (unpaired) electrons. The number of carbonyl (C=O) groups is 1. The molecule has 0 saturated carbocycles. The Labute approximate surface area is 124 Å². The largest absolute Gasteiger partial charge is 0.462 e. The number of carbonyl (C=O) groups excluding carboxylic acids is 1. The Hall–Kier alpha value is -2.33. The third-order valence-electron chi connectivity index (χ3n) is 3.25. The summed E-state index contributed by atoms with van der Waals surface area (Å²) in [6, 6.07) is 14.4. The van der Waals surface area contributed by atoms with E-state index in [4.69, 9.17) is 10.5 Å². The first-order valence-electron chi connectivity index (χ1n) is 6.90. The normalized spacial score (nSPS) is 11.9. The number of rotatable bonds is 5. The molecule has 0 heterocycles. The fraction of sp³-hybridized carbons (Fsp3) is 0.235. The Morgan fingerprint density at radius 1 is 1.24 bits per heavy atom. The van der Waals surface area contributed by atoms with Crippen molar-refractivity contribution in [1.29, 1.82) is 0 Å². The Bertz CT molecular complexity index is 611. The number of esters is 1. The molecule has 0 saturated heterocycles. The van der Waals surface area contributed by atoms with Crippen LogP contribution in [0.2, 0.25) is 0 Å². The number of aliphatic hydroxyl groups excluding tert-OH is 1. The lowest BCUT2D eigenvalue weighted by atomic mass is 9.99. The molecule has 0 spiro atoms. The molecule has 0 amide bonds. The minimum absolute atomic E-state index is 0.327. The molecular formula is C17H19NO3. The Balaban J connectivity index is 2.13. The van der Waals surface area contributed by atoms with Gasteiger partial charge in [0.25, 0.3) is 0 Å². The van der Waals surface area contributed by atoms with Gasteiger partial charge in [0.05, 0.1) is 18.3 Å². The van der Waals surface area contributed by atoms with Gasteiger partial charge >= 0.3 is 5.97 Å². The Morgan fingerprint density at radius 3 is 2.57 bits per heavy atom. The van der Waals surface area contributed by atoms with Gasteiger partial charge in [0.1, 0.15) is 0 Å². The Morgan fingerprint density at radius 2 is 1.95 bits per heavy atom. The van der Waals surface area contributed by atoms with Crippen LogP contribution in [0.5, 0.6) is 0 Å². The predicted molar refractivity (Wildman–Crippen MR) is 81.9 cm³/mol. The zero-order chi connectivity index (χ0) is 15.2. The average Bonchev–Trinajstić information content (AvgIpc) is 2.50. The van der Waals surface area contributed by atoms with Gasteiger partial charge in [-0.1, -0.05) is 36.4 Å². The number of anilines is 1. The average molecular weight is 285 g/mol. The van der Waals surface area contributed by atoms with E-state index in [2.05, 4.69) is 0 Å².